The van der Waals surface area contributed by atoms with Crippen molar-refractivity contribution in [2.24, 2.45) is 0 Å². The normalized spacial score (nSPS) is 18.4. The second kappa shape index (κ2) is 7.76. The Morgan fingerprint density at radius 2 is 2.00 bits per heavy atom. The van der Waals surface area contributed by atoms with Gasteiger partial charge in [-0.3, -0.25) is 4.79 Å². The Balaban J connectivity index is 0.00000200. The van der Waals surface area contributed by atoms with Crippen LogP contribution in [-0.2, 0) is 4.79 Å². The van der Waals surface area contributed by atoms with Crippen molar-refractivity contribution in [3.63, 3.8) is 0 Å². The number of nitrogens with zero attached hydrogens (tertiary/aromatic N) is 2. The minimum absolute atomic E-state index is 0. The van der Waals surface area contributed by atoms with Gasteiger partial charge in [-0.15, -0.1) is 24.2 Å². The van der Waals surface area contributed by atoms with E-state index in [9.17, 15) is 4.79 Å². The number of hydrogen-bond acceptors (Lipinski definition) is 4. The van der Waals surface area contributed by atoms with Gasteiger partial charge in [-0.05, 0) is 44.8 Å². The van der Waals surface area contributed by atoms with Crippen LogP contribution in [-0.4, -0.2) is 48.6 Å². The van der Waals surface area contributed by atoms with Gasteiger partial charge in [0.1, 0.15) is 5.37 Å². The minimum atomic E-state index is 0. The molecule has 2 N–H and O–H groups in total. The summed E-state index contributed by atoms with van der Waals surface area (Å²) in [6.45, 7) is 1.82. The van der Waals surface area contributed by atoms with Crippen molar-refractivity contribution >= 4 is 35.8 Å². The highest BCUT2D eigenvalue weighted by Gasteiger charge is 2.32. The van der Waals surface area contributed by atoms with Crippen LogP contribution in [0.5, 0.6) is 0 Å². The average molecular weight is 316 g/mol. The fraction of sp³-hybridized carbons (Fsp3) is 0.500. The molecule has 1 atom stereocenters. The van der Waals surface area contributed by atoms with E-state index in [0.717, 1.165) is 30.8 Å². The second-order valence-electron chi connectivity index (χ2n) is 5.07. The molecule has 6 heteroatoms. The van der Waals surface area contributed by atoms with Gasteiger partial charge in [0.25, 0.3) is 0 Å². The molecule has 1 aromatic carbocycles. The molecule has 1 aromatic rings. The van der Waals surface area contributed by atoms with Crippen molar-refractivity contribution < 1.29 is 4.79 Å². The van der Waals surface area contributed by atoms with Gasteiger partial charge in [-0.1, -0.05) is 12.1 Å². The van der Waals surface area contributed by atoms with E-state index in [0.29, 0.717) is 5.75 Å². The van der Waals surface area contributed by atoms with Gasteiger partial charge in [0.2, 0.25) is 5.91 Å². The molecule has 20 heavy (non-hydrogen) atoms. The zero-order valence-corrected chi connectivity index (χ0v) is 13.5. The summed E-state index contributed by atoms with van der Waals surface area (Å²) >= 11 is 1.70. The maximum atomic E-state index is 12.0. The maximum absolute atomic E-state index is 12.0. The lowest BCUT2D eigenvalue weighted by Gasteiger charge is -2.25. The lowest BCUT2D eigenvalue weighted by Crippen LogP contribution is -2.31. The summed E-state index contributed by atoms with van der Waals surface area (Å²) in [5.41, 5.74) is 7.63. The zero-order valence-electron chi connectivity index (χ0n) is 11.9. The number of benzene rings is 1. The summed E-state index contributed by atoms with van der Waals surface area (Å²) in [6, 6.07) is 7.84. The number of nitrogen functional groups attached to an aromatic ring is 1. The van der Waals surface area contributed by atoms with Crippen LogP contribution < -0.4 is 5.73 Å². The van der Waals surface area contributed by atoms with E-state index in [2.05, 4.69) is 19.0 Å². The van der Waals surface area contributed by atoms with E-state index < -0.39 is 0 Å². The molecule has 1 aliphatic heterocycles. The van der Waals surface area contributed by atoms with E-state index in [4.69, 9.17) is 5.73 Å². The van der Waals surface area contributed by atoms with Crippen LogP contribution in [0.1, 0.15) is 17.4 Å². The zero-order chi connectivity index (χ0) is 13.8. The lowest BCUT2D eigenvalue weighted by atomic mass is 10.2. The molecule has 1 heterocycles. The molecular formula is C14H22ClN3OS. The first-order valence-corrected chi connectivity index (χ1v) is 7.54. The van der Waals surface area contributed by atoms with Gasteiger partial charge in [0.05, 0.1) is 5.75 Å². The van der Waals surface area contributed by atoms with Gasteiger partial charge in [0.15, 0.2) is 0 Å². The van der Waals surface area contributed by atoms with E-state index in [1.54, 1.807) is 11.8 Å². The fourth-order valence-electron chi connectivity index (χ4n) is 2.19. The van der Waals surface area contributed by atoms with E-state index >= 15 is 0 Å². The number of thioether (sulfide) groups is 1. The molecule has 0 spiro atoms. The number of hydrogen-bond donors (Lipinski definition) is 1. The van der Waals surface area contributed by atoms with Gasteiger partial charge >= 0.3 is 0 Å². The molecule has 1 fully saturated rings. The topological polar surface area (TPSA) is 49.6 Å². The SMILES string of the molecule is CN(C)CCCN1C(=O)CSC1c1ccc(N)cc1.Cl. The second-order valence-corrected chi connectivity index (χ2v) is 6.14. The molecule has 1 amide bonds. The van der Waals surface area contributed by atoms with Crippen molar-refractivity contribution in [2.75, 3.05) is 38.7 Å². The van der Waals surface area contributed by atoms with Crippen molar-refractivity contribution in [3.05, 3.63) is 29.8 Å². The Kier molecular flexibility index (Phi) is 6.65. The Morgan fingerprint density at radius 1 is 1.35 bits per heavy atom. The van der Waals surface area contributed by atoms with Crippen molar-refractivity contribution in [1.29, 1.82) is 0 Å². The quantitative estimate of drug-likeness (QED) is 0.846. The van der Waals surface area contributed by atoms with Crippen molar-refractivity contribution in [2.45, 2.75) is 11.8 Å². The van der Waals surface area contributed by atoms with Crippen molar-refractivity contribution in [3.8, 4) is 0 Å². The van der Waals surface area contributed by atoms with E-state index in [-0.39, 0.29) is 23.7 Å². The van der Waals surface area contributed by atoms with E-state index in [1.807, 2.05) is 29.2 Å². The number of carbonyl (C=O) groups is 1. The molecule has 2 rings (SSSR count). The van der Waals surface area contributed by atoms with Gasteiger partial charge in [-0.2, -0.15) is 0 Å². The van der Waals surface area contributed by atoms with Crippen LogP contribution in [0.4, 0.5) is 5.69 Å². The third kappa shape index (κ3) is 4.30. The fourth-order valence-corrected chi connectivity index (χ4v) is 3.41. The number of halogens is 1. The first-order chi connectivity index (χ1) is 9.08. The molecule has 0 bridgehead atoms. The smallest absolute Gasteiger partial charge is 0.233 e. The Morgan fingerprint density at radius 3 is 2.60 bits per heavy atom. The molecule has 112 valence electrons. The minimum Gasteiger partial charge on any atom is -0.399 e. The molecule has 0 radical (unpaired) electrons. The first-order valence-electron chi connectivity index (χ1n) is 6.49. The molecule has 1 saturated heterocycles. The summed E-state index contributed by atoms with van der Waals surface area (Å²) < 4.78 is 0. The standard InChI is InChI=1S/C14H21N3OS.ClH/c1-16(2)8-3-9-17-13(18)10-19-14(17)11-4-6-12(15)7-5-11;/h4-7,14H,3,8-10,15H2,1-2H3;1H. The summed E-state index contributed by atoms with van der Waals surface area (Å²) in [6.07, 6.45) is 1.00. The number of anilines is 1. The van der Waals surface area contributed by atoms with Crippen LogP contribution in [0.2, 0.25) is 0 Å². The average Bonchev–Trinajstić information content (AvgIpc) is 2.72. The van der Waals surface area contributed by atoms with Crippen LogP contribution in [0.25, 0.3) is 0 Å². The van der Waals surface area contributed by atoms with E-state index in [1.165, 1.54) is 0 Å². The monoisotopic (exact) mass is 315 g/mol. The van der Waals surface area contributed by atoms with Gasteiger partial charge in [-0.25, -0.2) is 0 Å². The summed E-state index contributed by atoms with van der Waals surface area (Å²) in [4.78, 5) is 16.1. The number of nitrogens with two attached hydrogens (primary N) is 1. The third-order valence-corrected chi connectivity index (χ3v) is 4.45. The largest absolute Gasteiger partial charge is 0.399 e. The molecule has 1 aliphatic rings. The van der Waals surface area contributed by atoms with Crippen LogP contribution >= 0.6 is 24.2 Å². The predicted molar refractivity (Wildman–Crippen MR) is 88.2 cm³/mol. The molecule has 0 saturated carbocycles. The molecule has 0 aromatic heterocycles. The number of amides is 1. The Hall–Kier alpha value is -0.910. The maximum Gasteiger partial charge on any atom is 0.233 e. The Labute approximate surface area is 131 Å². The number of carbonyl (C=O) groups excluding carboxylic acids is 1. The number of rotatable bonds is 5. The lowest BCUT2D eigenvalue weighted by molar-refractivity contribution is -0.128. The summed E-state index contributed by atoms with van der Waals surface area (Å²) in [5.74, 6) is 0.822. The predicted octanol–water partition coefficient (Wildman–Crippen LogP) is 2.22. The highest BCUT2D eigenvalue weighted by atomic mass is 35.5. The van der Waals surface area contributed by atoms with Gasteiger partial charge in [0, 0.05) is 12.2 Å². The van der Waals surface area contributed by atoms with Crippen LogP contribution in [0.3, 0.4) is 0 Å². The summed E-state index contributed by atoms with van der Waals surface area (Å²) in [7, 11) is 4.11. The molecule has 4 nitrogen and oxygen atoms in total. The van der Waals surface area contributed by atoms with Crippen LogP contribution in [0.15, 0.2) is 24.3 Å². The highest BCUT2D eigenvalue weighted by molar-refractivity contribution is 8.00. The van der Waals surface area contributed by atoms with Gasteiger partial charge < -0.3 is 15.5 Å². The molecule has 0 aliphatic carbocycles. The van der Waals surface area contributed by atoms with Crippen LogP contribution in [0, 0.1) is 0 Å². The molecule has 1 unspecified atom stereocenters. The third-order valence-electron chi connectivity index (χ3n) is 3.19. The van der Waals surface area contributed by atoms with Crippen molar-refractivity contribution in [1.82, 2.24) is 9.80 Å². The highest BCUT2D eigenvalue weighted by Crippen LogP contribution is 2.38. The first kappa shape index (κ1) is 17.1. The Bertz CT molecular complexity index is 439. The summed E-state index contributed by atoms with van der Waals surface area (Å²) in [5, 5.41) is 0.148. The molecular weight excluding hydrogens is 294 g/mol.